The van der Waals surface area contributed by atoms with Gasteiger partial charge in [-0.05, 0) is 0 Å². The number of rotatable bonds is 3. The van der Waals surface area contributed by atoms with Crippen molar-refractivity contribution < 1.29 is 17.9 Å². The molecule has 2 aromatic rings. The van der Waals surface area contributed by atoms with Crippen LogP contribution in [0.25, 0.3) is 10.6 Å². The molecule has 0 fully saturated rings. The molecule has 0 unspecified atom stereocenters. The predicted octanol–water partition coefficient (Wildman–Crippen LogP) is 3.15. The second-order valence-electron chi connectivity index (χ2n) is 3.14. The first-order valence-electron chi connectivity index (χ1n) is 4.63. The van der Waals surface area contributed by atoms with Gasteiger partial charge < -0.3 is 4.74 Å². The summed E-state index contributed by atoms with van der Waals surface area (Å²) in [5, 5.41) is 7.75. The van der Waals surface area contributed by atoms with Crippen LogP contribution in [-0.4, -0.2) is 23.0 Å². The summed E-state index contributed by atoms with van der Waals surface area (Å²) in [7, 11) is 0. The zero-order valence-corrected chi connectivity index (χ0v) is 9.26. The molecule has 0 spiro atoms. The van der Waals surface area contributed by atoms with E-state index in [1.54, 1.807) is 12.1 Å². The Bertz CT molecular complexity index is 484. The van der Waals surface area contributed by atoms with Crippen molar-refractivity contribution in [2.45, 2.75) is 6.18 Å². The predicted molar refractivity (Wildman–Crippen MR) is 56.9 cm³/mol. The average Bonchev–Trinajstić information content (AvgIpc) is 2.75. The lowest BCUT2D eigenvalue weighted by Crippen LogP contribution is -2.19. The van der Waals surface area contributed by atoms with Crippen molar-refractivity contribution in [2.75, 3.05) is 6.61 Å². The van der Waals surface area contributed by atoms with Crippen LogP contribution in [0.15, 0.2) is 30.3 Å². The Morgan fingerprint density at radius 1 is 1.12 bits per heavy atom. The van der Waals surface area contributed by atoms with Gasteiger partial charge >= 0.3 is 6.18 Å². The summed E-state index contributed by atoms with van der Waals surface area (Å²) in [5.74, 6) is 0. The van der Waals surface area contributed by atoms with Gasteiger partial charge in [-0.3, -0.25) is 0 Å². The molecule has 0 N–H and O–H groups in total. The van der Waals surface area contributed by atoms with Crippen LogP contribution in [0.4, 0.5) is 13.2 Å². The van der Waals surface area contributed by atoms with E-state index in [2.05, 4.69) is 14.9 Å². The number of hydrogen-bond donors (Lipinski definition) is 0. The third kappa shape index (κ3) is 3.42. The van der Waals surface area contributed by atoms with E-state index < -0.39 is 12.8 Å². The fraction of sp³-hybridized carbons (Fsp3) is 0.200. The van der Waals surface area contributed by atoms with Gasteiger partial charge in [-0.25, -0.2) is 0 Å². The van der Waals surface area contributed by atoms with Crippen LogP contribution >= 0.6 is 11.3 Å². The summed E-state index contributed by atoms with van der Waals surface area (Å²) < 4.78 is 40.2. The van der Waals surface area contributed by atoms with Crippen LogP contribution < -0.4 is 4.74 Å². The smallest absolute Gasteiger partial charge is 0.422 e. The van der Waals surface area contributed by atoms with Gasteiger partial charge in [-0.15, -0.1) is 5.10 Å². The van der Waals surface area contributed by atoms with Crippen LogP contribution in [0.2, 0.25) is 0 Å². The molecule has 17 heavy (non-hydrogen) atoms. The SMILES string of the molecule is FC(F)(F)COc1nnc(-c2ccccc2)s1. The van der Waals surface area contributed by atoms with Gasteiger partial charge in [0.2, 0.25) is 0 Å². The Balaban J connectivity index is 2.07. The highest BCUT2D eigenvalue weighted by Gasteiger charge is 2.29. The summed E-state index contributed by atoms with van der Waals surface area (Å²) in [6.07, 6.45) is -4.36. The maximum absolute atomic E-state index is 11.9. The molecule has 0 aliphatic heterocycles. The standard InChI is InChI=1S/C10H7F3N2OS/c11-10(12,13)6-16-9-15-14-8(17-9)7-4-2-1-3-5-7/h1-5H,6H2. The van der Waals surface area contributed by atoms with Crippen LogP contribution in [0.5, 0.6) is 5.19 Å². The molecule has 90 valence electrons. The van der Waals surface area contributed by atoms with E-state index in [1.807, 2.05) is 18.2 Å². The number of benzene rings is 1. The van der Waals surface area contributed by atoms with Crippen LogP contribution in [0.3, 0.4) is 0 Å². The molecule has 0 amide bonds. The fourth-order valence-electron chi connectivity index (χ4n) is 1.11. The Labute approximate surface area is 98.9 Å². The highest BCUT2D eigenvalue weighted by atomic mass is 32.1. The first-order valence-corrected chi connectivity index (χ1v) is 5.45. The minimum Gasteiger partial charge on any atom is -0.459 e. The topological polar surface area (TPSA) is 35.0 Å². The Morgan fingerprint density at radius 3 is 2.47 bits per heavy atom. The van der Waals surface area contributed by atoms with E-state index in [0.717, 1.165) is 16.9 Å². The van der Waals surface area contributed by atoms with E-state index in [-0.39, 0.29) is 5.19 Å². The quantitative estimate of drug-likeness (QED) is 0.850. The first kappa shape index (κ1) is 11.8. The van der Waals surface area contributed by atoms with Crippen molar-refractivity contribution in [3.05, 3.63) is 30.3 Å². The average molecular weight is 260 g/mol. The lowest BCUT2D eigenvalue weighted by Gasteiger charge is -2.04. The van der Waals surface area contributed by atoms with Crippen molar-refractivity contribution in [3.8, 4) is 15.8 Å². The van der Waals surface area contributed by atoms with Crippen LogP contribution in [0.1, 0.15) is 0 Å². The number of alkyl halides is 3. The Kier molecular flexibility index (Phi) is 3.28. The maximum atomic E-state index is 11.9. The summed E-state index contributed by atoms with van der Waals surface area (Å²) in [4.78, 5) is 0. The summed E-state index contributed by atoms with van der Waals surface area (Å²) in [6.45, 7) is -1.35. The monoisotopic (exact) mass is 260 g/mol. The molecule has 2 rings (SSSR count). The van der Waals surface area contributed by atoms with Gasteiger partial charge in [0.25, 0.3) is 5.19 Å². The number of hydrogen-bond acceptors (Lipinski definition) is 4. The van der Waals surface area contributed by atoms with Crippen LogP contribution in [0, 0.1) is 0 Å². The van der Waals surface area contributed by atoms with Crippen molar-refractivity contribution in [3.63, 3.8) is 0 Å². The minimum atomic E-state index is -4.36. The number of aromatic nitrogens is 2. The molecule has 0 aliphatic carbocycles. The van der Waals surface area contributed by atoms with Gasteiger partial charge in [0.05, 0.1) is 0 Å². The first-order chi connectivity index (χ1) is 8.04. The molecule has 0 aliphatic rings. The van der Waals surface area contributed by atoms with Crippen molar-refractivity contribution in [1.29, 1.82) is 0 Å². The summed E-state index contributed by atoms with van der Waals surface area (Å²) in [5.41, 5.74) is 0.798. The Morgan fingerprint density at radius 2 is 1.82 bits per heavy atom. The largest absolute Gasteiger partial charge is 0.459 e. The second-order valence-corrected chi connectivity index (χ2v) is 4.08. The minimum absolute atomic E-state index is 0.0822. The Hall–Kier alpha value is -1.63. The van der Waals surface area contributed by atoms with E-state index >= 15 is 0 Å². The second kappa shape index (κ2) is 4.70. The zero-order valence-electron chi connectivity index (χ0n) is 8.44. The molecule has 1 aromatic carbocycles. The molecule has 0 atom stereocenters. The number of nitrogens with zero attached hydrogens (tertiary/aromatic N) is 2. The lowest BCUT2D eigenvalue weighted by atomic mass is 10.2. The highest BCUT2D eigenvalue weighted by Crippen LogP contribution is 2.28. The number of ether oxygens (including phenoxy) is 1. The fourth-order valence-corrected chi connectivity index (χ4v) is 1.81. The highest BCUT2D eigenvalue weighted by molar-refractivity contribution is 7.16. The summed E-state index contributed by atoms with van der Waals surface area (Å²) >= 11 is 0.982. The molecule has 3 nitrogen and oxygen atoms in total. The molecule has 7 heteroatoms. The summed E-state index contributed by atoms with van der Waals surface area (Å²) in [6, 6.07) is 9.06. The third-order valence-electron chi connectivity index (χ3n) is 1.79. The number of halogens is 3. The molecule has 0 saturated carbocycles. The molecule has 0 saturated heterocycles. The molecule has 1 aromatic heterocycles. The van der Waals surface area contributed by atoms with Gasteiger partial charge in [-0.2, -0.15) is 13.2 Å². The van der Waals surface area contributed by atoms with Crippen molar-refractivity contribution >= 4 is 11.3 Å². The van der Waals surface area contributed by atoms with E-state index in [9.17, 15) is 13.2 Å². The molecule has 0 bridgehead atoms. The van der Waals surface area contributed by atoms with Gasteiger partial charge in [0.15, 0.2) is 11.6 Å². The normalized spacial score (nSPS) is 11.5. The zero-order chi connectivity index (χ0) is 12.3. The van der Waals surface area contributed by atoms with Gasteiger partial charge in [0, 0.05) is 5.56 Å². The van der Waals surface area contributed by atoms with E-state index in [0.29, 0.717) is 5.01 Å². The van der Waals surface area contributed by atoms with Gasteiger partial charge in [0.1, 0.15) is 0 Å². The van der Waals surface area contributed by atoms with Crippen molar-refractivity contribution in [1.82, 2.24) is 10.2 Å². The third-order valence-corrected chi connectivity index (χ3v) is 2.67. The molecular weight excluding hydrogens is 253 g/mol. The molecular formula is C10H7F3N2OS. The lowest BCUT2D eigenvalue weighted by molar-refractivity contribution is -0.153. The van der Waals surface area contributed by atoms with E-state index in [1.165, 1.54) is 0 Å². The van der Waals surface area contributed by atoms with E-state index in [4.69, 9.17) is 0 Å². The maximum Gasteiger partial charge on any atom is 0.422 e. The van der Waals surface area contributed by atoms with Crippen molar-refractivity contribution in [2.24, 2.45) is 0 Å². The molecule has 0 radical (unpaired) electrons. The van der Waals surface area contributed by atoms with Gasteiger partial charge in [-0.1, -0.05) is 46.8 Å². The molecule has 1 heterocycles. The van der Waals surface area contributed by atoms with Crippen LogP contribution in [-0.2, 0) is 0 Å².